The number of sulfone groups is 1. The van der Waals surface area contributed by atoms with Gasteiger partial charge in [-0.1, -0.05) is 20.3 Å². The number of Topliss-reactive ketones (excluding diaryl/α,β-unsaturated/α-hetero) is 1. The lowest BCUT2D eigenvalue weighted by molar-refractivity contribution is -0.124. The Balaban J connectivity index is 2.81. The summed E-state index contributed by atoms with van der Waals surface area (Å²) >= 11 is 0. The molecule has 0 aromatic heterocycles. The van der Waals surface area contributed by atoms with Crippen molar-refractivity contribution in [2.45, 2.75) is 51.7 Å². The van der Waals surface area contributed by atoms with E-state index in [0.717, 1.165) is 19.3 Å². The van der Waals surface area contributed by atoms with Crippen LogP contribution in [0.2, 0.25) is 0 Å². The molecule has 1 saturated carbocycles. The van der Waals surface area contributed by atoms with Crippen LogP contribution < -0.4 is 0 Å². The summed E-state index contributed by atoms with van der Waals surface area (Å²) in [7, 11) is -2.96. The highest BCUT2D eigenvalue weighted by Gasteiger charge is 2.35. The minimum Gasteiger partial charge on any atom is -0.300 e. The summed E-state index contributed by atoms with van der Waals surface area (Å²) in [6.07, 6.45) is 4.67. The normalized spacial score (nSPS) is 28.1. The van der Waals surface area contributed by atoms with Crippen molar-refractivity contribution in [3.63, 3.8) is 0 Å². The molecule has 100 valence electrons. The van der Waals surface area contributed by atoms with E-state index >= 15 is 0 Å². The molecule has 3 nitrogen and oxygen atoms in total. The molecule has 0 radical (unpaired) electrons. The predicted molar refractivity (Wildman–Crippen MR) is 69.6 cm³/mol. The molecule has 1 aliphatic carbocycles. The topological polar surface area (TPSA) is 51.2 Å². The molecule has 1 rings (SSSR count). The molecule has 0 bridgehead atoms. The standard InChI is InChI=1S/C13H24O3S/c1-9(2)13(10(3)14)11-6-5-7-12(8-11)17(4,15)16/h9,11-13H,5-8H2,1-4H3. The zero-order valence-corrected chi connectivity index (χ0v) is 12.1. The molecule has 0 aromatic rings. The number of hydrogen-bond donors (Lipinski definition) is 0. The minimum atomic E-state index is -2.96. The van der Waals surface area contributed by atoms with E-state index < -0.39 is 9.84 Å². The molecule has 17 heavy (non-hydrogen) atoms. The first kappa shape index (κ1) is 14.7. The van der Waals surface area contributed by atoms with E-state index in [0.29, 0.717) is 12.3 Å². The van der Waals surface area contributed by atoms with E-state index in [9.17, 15) is 13.2 Å². The maximum atomic E-state index is 11.7. The Morgan fingerprint density at radius 2 is 1.82 bits per heavy atom. The number of hydrogen-bond acceptors (Lipinski definition) is 3. The van der Waals surface area contributed by atoms with E-state index in [1.165, 1.54) is 6.26 Å². The maximum Gasteiger partial charge on any atom is 0.150 e. The van der Waals surface area contributed by atoms with E-state index in [4.69, 9.17) is 0 Å². The second kappa shape index (κ2) is 5.51. The van der Waals surface area contributed by atoms with Gasteiger partial charge >= 0.3 is 0 Å². The van der Waals surface area contributed by atoms with Gasteiger partial charge in [0.1, 0.15) is 15.6 Å². The van der Waals surface area contributed by atoms with Gasteiger partial charge in [0.15, 0.2) is 0 Å². The number of rotatable bonds is 4. The fraction of sp³-hybridized carbons (Fsp3) is 0.923. The molecule has 0 heterocycles. The zero-order chi connectivity index (χ0) is 13.2. The minimum absolute atomic E-state index is 0.0274. The zero-order valence-electron chi connectivity index (χ0n) is 11.3. The summed E-state index contributed by atoms with van der Waals surface area (Å²) in [5, 5.41) is -0.234. The molecule has 0 spiro atoms. The van der Waals surface area contributed by atoms with Crippen LogP contribution in [0, 0.1) is 17.8 Å². The van der Waals surface area contributed by atoms with Crippen LogP contribution in [-0.2, 0) is 14.6 Å². The van der Waals surface area contributed by atoms with Crippen LogP contribution >= 0.6 is 0 Å². The molecule has 0 amide bonds. The van der Waals surface area contributed by atoms with Gasteiger partial charge in [-0.3, -0.25) is 4.79 Å². The lowest BCUT2D eigenvalue weighted by atomic mass is 9.73. The quantitative estimate of drug-likeness (QED) is 0.780. The summed E-state index contributed by atoms with van der Waals surface area (Å²) in [6, 6.07) is 0. The molecule has 0 saturated heterocycles. The third-order valence-electron chi connectivity index (χ3n) is 3.97. The average Bonchev–Trinajstić information content (AvgIpc) is 2.15. The van der Waals surface area contributed by atoms with Gasteiger partial charge in [0.25, 0.3) is 0 Å². The highest BCUT2D eigenvalue weighted by atomic mass is 32.2. The first-order valence-electron chi connectivity index (χ1n) is 6.42. The Morgan fingerprint density at radius 3 is 2.24 bits per heavy atom. The highest BCUT2D eigenvalue weighted by molar-refractivity contribution is 7.91. The lowest BCUT2D eigenvalue weighted by Crippen LogP contribution is -2.35. The van der Waals surface area contributed by atoms with Crippen molar-refractivity contribution in [2.24, 2.45) is 17.8 Å². The lowest BCUT2D eigenvalue weighted by Gasteiger charge is -2.34. The van der Waals surface area contributed by atoms with E-state index in [2.05, 4.69) is 13.8 Å². The van der Waals surface area contributed by atoms with Crippen LogP contribution in [-0.4, -0.2) is 25.7 Å². The third kappa shape index (κ3) is 3.80. The van der Waals surface area contributed by atoms with Gasteiger partial charge in [-0.25, -0.2) is 8.42 Å². The number of carbonyl (C=O) groups is 1. The first-order chi connectivity index (χ1) is 7.73. The molecule has 1 fully saturated rings. The summed E-state index contributed by atoms with van der Waals surface area (Å²) in [5.41, 5.74) is 0. The molecule has 0 N–H and O–H groups in total. The maximum absolute atomic E-state index is 11.7. The van der Waals surface area contributed by atoms with Gasteiger partial charge in [-0.15, -0.1) is 0 Å². The Hall–Kier alpha value is -0.380. The smallest absolute Gasteiger partial charge is 0.150 e. The summed E-state index contributed by atoms with van der Waals surface area (Å²) < 4.78 is 23.2. The molecular weight excluding hydrogens is 236 g/mol. The average molecular weight is 260 g/mol. The number of ketones is 1. The van der Waals surface area contributed by atoms with Crippen molar-refractivity contribution in [3.05, 3.63) is 0 Å². The van der Waals surface area contributed by atoms with Crippen molar-refractivity contribution < 1.29 is 13.2 Å². The van der Waals surface area contributed by atoms with Crippen molar-refractivity contribution >= 4 is 15.6 Å². The Kier molecular flexibility index (Phi) is 4.76. The van der Waals surface area contributed by atoms with Crippen molar-refractivity contribution in [2.75, 3.05) is 6.26 Å². The van der Waals surface area contributed by atoms with Gasteiger partial charge in [-0.05, 0) is 38.0 Å². The fourth-order valence-electron chi connectivity index (χ4n) is 3.24. The van der Waals surface area contributed by atoms with E-state index in [1.54, 1.807) is 6.92 Å². The van der Waals surface area contributed by atoms with Crippen LogP contribution in [0.1, 0.15) is 46.5 Å². The molecular formula is C13H24O3S. The molecule has 1 aliphatic rings. The van der Waals surface area contributed by atoms with Crippen molar-refractivity contribution in [3.8, 4) is 0 Å². The Morgan fingerprint density at radius 1 is 1.24 bits per heavy atom. The van der Waals surface area contributed by atoms with Crippen LogP contribution in [0.5, 0.6) is 0 Å². The van der Waals surface area contributed by atoms with Gasteiger partial charge in [0, 0.05) is 12.2 Å². The molecule has 4 heteroatoms. The van der Waals surface area contributed by atoms with Gasteiger partial charge in [0.05, 0.1) is 5.25 Å². The largest absolute Gasteiger partial charge is 0.300 e. The van der Waals surface area contributed by atoms with Crippen LogP contribution in [0.4, 0.5) is 0 Å². The van der Waals surface area contributed by atoms with Crippen molar-refractivity contribution in [1.29, 1.82) is 0 Å². The van der Waals surface area contributed by atoms with E-state index in [1.807, 2.05) is 0 Å². The predicted octanol–water partition coefficient (Wildman–Crippen LogP) is 2.45. The van der Waals surface area contributed by atoms with Crippen molar-refractivity contribution in [1.82, 2.24) is 0 Å². The molecule has 3 unspecified atom stereocenters. The monoisotopic (exact) mass is 260 g/mol. The van der Waals surface area contributed by atoms with E-state index in [-0.39, 0.29) is 22.9 Å². The second-order valence-electron chi connectivity index (χ2n) is 5.76. The molecule has 3 atom stereocenters. The number of carbonyl (C=O) groups excluding carboxylic acids is 1. The van der Waals surface area contributed by atoms with Crippen LogP contribution in [0.3, 0.4) is 0 Å². The van der Waals surface area contributed by atoms with Crippen LogP contribution in [0.15, 0.2) is 0 Å². The Bertz CT molecular complexity index is 370. The van der Waals surface area contributed by atoms with Gasteiger partial charge in [-0.2, -0.15) is 0 Å². The first-order valence-corrected chi connectivity index (χ1v) is 8.38. The van der Waals surface area contributed by atoms with Gasteiger partial charge < -0.3 is 0 Å². The highest BCUT2D eigenvalue weighted by Crippen LogP contribution is 2.36. The molecule has 0 aromatic carbocycles. The summed E-state index contributed by atoms with van der Waals surface area (Å²) in [6.45, 7) is 5.74. The summed E-state index contributed by atoms with van der Waals surface area (Å²) in [4.78, 5) is 11.7. The molecule has 0 aliphatic heterocycles. The fourth-order valence-corrected chi connectivity index (χ4v) is 4.43. The Labute approximate surface area is 105 Å². The second-order valence-corrected chi connectivity index (χ2v) is 8.08. The van der Waals surface area contributed by atoms with Crippen LogP contribution in [0.25, 0.3) is 0 Å². The SMILES string of the molecule is CC(=O)C(C(C)C)C1CCCC(S(C)(=O)=O)C1. The third-order valence-corrected chi connectivity index (χ3v) is 5.61. The summed E-state index contributed by atoms with van der Waals surface area (Å²) in [5.74, 6) is 0.787. The van der Waals surface area contributed by atoms with Gasteiger partial charge in [0.2, 0.25) is 0 Å².